The minimum absolute atomic E-state index is 0.161. The highest BCUT2D eigenvalue weighted by Gasteiger charge is 2.28. The summed E-state index contributed by atoms with van der Waals surface area (Å²) in [7, 11) is -4.74. The predicted molar refractivity (Wildman–Crippen MR) is 289 cm³/mol. The van der Waals surface area contributed by atoms with E-state index >= 15 is 0 Å². The van der Waals surface area contributed by atoms with Crippen LogP contribution in [-0.4, -0.2) is 66.5 Å². The van der Waals surface area contributed by atoms with Crippen LogP contribution >= 0.6 is 7.82 Å². The SMILES string of the molecule is CC/C=C\C/C=C\C/C=C\CCCCCCCC(=O)OC(CO)COP(=O)(O)OCC(COC(=O)CCCCCCCCCCCCC)OC(=O)CCCCCCCCCCCCCCCCCCC. The van der Waals surface area contributed by atoms with Gasteiger partial charge in [0.2, 0.25) is 0 Å². The maximum absolute atomic E-state index is 12.9. The standard InChI is InChI=1S/C58H107O11P/c1-4-7-10-13-16-19-22-24-26-27-29-31-34-37-40-43-46-49-58(62)69-55(51-65-56(60)47-44-41-38-35-32-21-18-15-12-9-6-3)53-67-70(63,64)66-52-54(50-59)68-57(61)48-45-42-39-36-33-30-28-25-23-20-17-14-11-8-5-2/h8,11,17,20,25,28,54-55,59H,4-7,9-10,12-16,18-19,21-24,26-27,29-53H2,1-3H3,(H,63,64)/b11-8-,20-17-,28-25-. The molecule has 2 N–H and O–H groups in total. The topological polar surface area (TPSA) is 155 Å². The van der Waals surface area contributed by atoms with Gasteiger partial charge in [0.05, 0.1) is 19.8 Å². The monoisotopic (exact) mass is 1010 g/mol. The quantitative estimate of drug-likeness (QED) is 0.0197. The number of carbonyl (C=O) groups excluding carboxylic acids is 3. The Morgan fingerprint density at radius 3 is 1.14 bits per heavy atom. The van der Waals surface area contributed by atoms with Crippen LogP contribution in [0.25, 0.3) is 0 Å². The zero-order chi connectivity index (χ0) is 51.3. The summed E-state index contributed by atoms with van der Waals surface area (Å²) in [4.78, 5) is 48.5. The first-order valence-corrected chi connectivity index (χ1v) is 30.4. The summed E-state index contributed by atoms with van der Waals surface area (Å²) in [5, 5.41) is 9.80. The zero-order valence-corrected chi connectivity index (χ0v) is 46.1. The van der Waals surface area contributed by atoms with Crippen LogP contribution in [0.1, 0.15) is 278 Å². The molecule has 11 nitrogen and oxygen atoms in total. The van der Waals surface area contributed by atoms with E-state index in [2.05, 4.69) is 57.2 Å². The average molecular weight is 1010 g/mol. The number of hydrogen-bond acceptors (Lipinski definition) is 10. The smallest absolute Gasteiger partial charge is 0.462 e. The Labute approximate surface area is 429 Å². The number of allylic oxidation sites excluding steroid dienone is 6. The number of hydrogen-bond donors (Lipinski definition) is 2. The maximum atomic E-state index is 12.9. The third kappa shape index (κ3) is 50.6. The molecule has 0 amide bonds. The van der Waals surface area contributed by atoms with Crippen molar-refractivity contribution in [1.82, 2.24) is 0 Å². The summed E-state index contributed by atoms with van der Waals surface area (Å²) in [6, 6.07) is 0. The van der Waals surface area contributed by atoms with E-state index in [4.69, 9.17) is 23.3 Å². The van der Waals surface area contributed by atoms with Gasteiger partial charge in [-0.25, -0.2) is 4.57 Å². The fraction of sp³-hybridized carbons (Fsp3) is 0.845. The zero-order valence-electron chi connectivity index (χ0n) is 45.2. The van der Waals surface area contributed by atoms with E-state index in [1.54, 1.807) is 0 Å². The first kappa shape index (κ1) is 67.7. The number of unbranched alkanes of at least 4 members (excludes halogenated alkanes) is 31. The van der Waals surface area contributed by atoms with Gasteiger partial charge in [-0.2, -0.15) is 0 Å². The Bertz CT molecular complexity index is 1320. The predicted octanol–water partition coefficient (Wildman–Crippen LogP) is 16.8. The Morgan fingerprint density at radius 2 is 0.743 bits per heavy atom. The highest BCUT2D eigenvalue weighted by Crippen LogP contribution is 2.43. The molecule has 3 unspecified atom stereocenters. The summed E-state index contributed by atoms with van der Waals surface area (Å²) in [6.07, 6.45) is 53.9. The van der Waals surface area contributed by atoms with Crippen molar-refractivity contribution in [3.63, 3.8) is 0 Å². The Morgan fingerprint density at radius 1 is 0.414 bits per heavy atom. The normalized spacial score (nSPS) is 13.6. The second kappa shape index (κ2) is 53.0. The van der Waals surface area contributed by atoms with Gasteiger partial charge in [0.1, 0.15) is 12.7 Å². The van der Waals surface area contributed by atoms with Crippen LogP contribution in [-0.2, 0) is 42.2 Å². The second-order valence-electron chi connectivity index (χ2n) is 19.4. The van der Waals surface area contributed by atoms with Crippen LogP contribution in [0.2, 0.25) is 0 Å². The molecular formula is C58H107O11P. The van der Waals surface area contributed by atoms with Crippen molar-refractivity contribution in [3.8, 4) is 0 Å². The van der Waals surface area contributed by atoms with Gasteiger partial charge in [0.25, 0.3) is 0 Å². The van der Waals surface area contributed by atoms with E-state index in [1.807, 2.05) is 0 Å². The molecule has 70 heavy (non-hydrogen) atoms. The van der Waals surface area contributed by atoms with Crippen molar-refractivity contribution < 1.29 is 52.2 Å². The summed E-state index contributed by atoms with van der Waals surface area (Å²) < 4.78 is 39.5. The van der Waals surface area contributed by atoms with Crippen molar-refractivity contribution in [2.45, 2.75) is 290 Å². The molecule has 0 bridgehead atoms. The van der Waals surface area contributed by atoms with Gasteiger partial charge in [-0.3, -0.25) is 23.4 Å². The van der Waals surface area contributed by atoms with E-state index in [1.165, 1.54) is 128 Å². The van der Waals surface area contributed by atoms with Gasteiger partial charge in [0.15, 0.2) is 6.10 Å². The van der Waals surface area contributed by atoms with Crippen LogP contribution in [0, 0.1) is 0 Å². The van der Waals surface area contributed by atoms with Gasteiger partial charge in [0, 0.05) is 19.3 Å². The molecule has 0 fully saturated rings. The second-order valence-corrected chi connectivity index (χ2v) is 20.9. The van der Waals surface area contributed by atoms with Gasteiger partial charge < -0.3 is 24.2 Å². The number of carbonyl (C=O) groups is 3. The van der Waals surface area contributed by atoms with Crippen LogP contribution in [0.5, 0.6) is 0 Å². The lowest BCUT2D eigenvalue weighted by Gasteiger charge is -2.21. The van der Waals surface area contributed by atoms with Crippen molar-refractivity contribution >= 4 is 25.7 Å². The van der Waals surface area contributed by atoms with E-state index in [0.29, 0.717) is 19.3 Å². The van der Waals surface area contributed by atoms with Crippen LogP contribution in [0.15, 0.2) is 36.5 Å². The molecule has 0 heterocycles. The molecular weight excluding hydrogens is 904 g/mol. The molecule has 12 heteroatoms. The third-order valence-electron chi connectivity index (χ3n) is 12.6. The molecule has 0 radical (unpaired) electrons. The fourth-order valence-corrected chi connectivity index (χ4v) is 8.98. The molecule has 410 valence electrons. The molecule has 0 aliphatic heterocycles. The minimum Gasteiger partial charge on any atom is -0.462 e. The molecule has 0 saturated heterocycles. The number of rotatable bonds is 54. The number of esters is 3. The Hall–Kier alpha value is -2.30. The highest BCUT2D eigenvalue weighted by molar-refractivity contribution is 7.47. The van der Waals surface area contributed by atoms with E-state index in [0.717, 1.165) is 89.9 Å². The van der Waals surface area contributed by atoms with E-state index < -0.39 is 57.8 Å². The molecule has 0 aromatic heterocycles. The third-order valence-corrected chi connectivity index (χ3v) is 13.5. The molecule has 0 aromatic carbocycles. The summed E-state index contributed by atoms with van der Waals surface area (Å²) in [5.41, 5.74) is 0. The Kier molecular flexibility index (Phi) is 51.3. The van der Waals surface area contributed by atoms with Crippen LogP contribution < -0.4 is 0 Å². The number of aliphatic hydroxyl groups excluding tert-OH is 1. The number of ether oxygens (including phenoxy) is 3. The van der Waals surface area contributed by atoms with Gasteiger partial charge in [-0.15, -0.1) is 0 Å². The fourth-order valence-electron chi connectivity index (χ4n) is 8.20. The van der Waals surface area contributed by atoms with E-state index in [9.17, 15) is 28.9 Å². The number of phosphoric acid groups is 1. The minimum atomic E-state index is -4.74. The molecule has 0 spiro atoms. The number of aliphatic hydroxyl groups is 1. The average Bonchev–Trinajstić information content (AvgIpc) is 3.35. The molecule has 0 aromatic rings. The summed E-state index contributed by atoms with van der Waals surface area (Å²) >= 11 is 0. The molecule has 0 aliphatic carbocycles. The molecule has 3 atom stereocenters. The molecule has 0 saturated carbocycles. The lowest BCUT2D eigenvalue weighted by molar-refractivity contribution is -0.161. The first-order valence-electron chi connectivity index (χ1n) is 28.9. The van der Waals surface area contributed by atoms with Crippen molar-refractivity contribution in [2.75, 3.05) is 26.4 Å². The van der Waals surface area contributed by atoms with Crippen molar-refractivity contribution in [1.29, 1.82) is 0 Å². The number of phosphoric ester groups is 1. The van der Waals surface area contributed by atoms with Crippen LogP contribution in [0.3, 0.4) is 0 Å². The Balaban J connectivity index is 4.66. The largest absolute Gasteiger partial charge is 0.472 e. The van der Waals surface area contributed by atoms with Crippen molar-refractivity contribution in [2.24, 2.45) is 0 Å². The molecule has 0 rings (SSSR count). The summed E-state index contributed by atoms with van der Waals surface area (Å²) in [6.45, 7) is 4.55. The molecule has 0 aliphatic rings. The van der Waals surface area contributed by atoms with Crippen LogP contribution in [0.4, 0.5) is 0 Å². The van der Waals surface area contributed by atoms with Gasteiger partial charge >= 0.3 is 25.7 Å². The van der Waals surface area contributed by atoms with Crippen molar-refractivity contribution in [3.05, 3.63) is 36.5 Å². The summed E-state index contributed by atoms with van der Waals surface area (Å²) in [5.74, 6) is -1.46. The van der Waals surface area contributed by atoms with E-state index in [-0.39, 0.29) is 25.9 Å². The lowest BCUT2D eigenvalue weighted by atomic mass is 10.0. The van der Waals surface area contributed by atoms with Gasteiger partial charge in [-0.1, -0.05) is 243 Å². The highest BCUT2D eigenvalue weighted by atomic mass is 31.2. The maximum Gasteiger partial charge on any atom is 0.472 e. The lowest BCUT2D eigenvalue weighted by Crippen LogP contribution is -2.30. The van der Waals surface area contributed by atoms with Gasteiger partial charge in [-0.05, 0) is 51.4 Å². The first-order chi connectivity index (χ1) is 34.2.